The van der Waals surface area contributed by atoms with Gasteiger partial charge in [-0.05, 0) is 37.1 Å². The van der Waals surface area contributed by atoms with E-state index in [0.717, 1.165) is 11.1 Å². The molecular weight excluding hydrogens is 262 g/mol. The van der Waals surface area contributed by atoms with Crippen LogP contribution in [0.25, 0.3) is 0 Å². The summed E-state index contributed by atoms with van der Waals surface area (Å²) in [5.74, 6) is 0. The van der Waals surface area contributed by atoms with Crippen LogP contribution in [0.1, 0.15) is 13.8 Å². The highest BCUT2D eigenvalue weighted by atomic mass is 16.6. The molecule has 0 aromatic rings. The smallest absolute Gasteiger partial charge is 0.262 e. The van der Waals surface area contributed by atoms with E-state index in [1.54, 1.807) is 12.2 Å². The summed E-state index contributed by atoms with van der Waals surface area (Å²) in [6.07, 6.45) is 18.3. The Morgan fingerprint density at radius 1 is 1.10 bits per heavy atom. The number of rotatable bonds is 1. The van der Waals surface area contributed by atoms with Gasteiger partial charge in [-0.3, -0.25) is 10.1 Å². The Labute approximate surface area is 123 Å². The zero-order valence-electron chi connectivity index (χ0n) is 12.0. The van der Waals surface area contributed by atoms with E-state index >= 15 is 0 Å². The van der Waals surface area contributed by atoms with E-state index < -0.39 is 6.04 Å². The maximum absolute atomic E-state index is 11.2. The average molecular weight is 278 g/mol. The number of hydrogen-bond donors (Lipinski definition) is 0. The van der Waals surface area contributed by atoms with E-state index in [9.17, 15) is 10.1 Å². The molecule has 0 heterocycles. The van der Waals surface area contributed by atoms with E-state index in [0.29, 0.717) is 0 Å². The molecule has 1 unspecified atom stereocenters. The molecule has 4 rings (SSSR count). The summed E-state index contributed by atoms with van der Waals surface area (Å²) in [6, 6.07) is -0.729. The van der Waals surface area contributed by atoms with Crippen LogP contribution >= 0.6 is 0 Å². The Morgan fingerprint density at radius 3 is 2.62 bits per heavy atom. The molecule has 0 N–H and O–H groups in total. The summed E-state index contributed by atoms with van der Waals surface area (Å²) >= 11 is 0. The van der Waals surface area contributed by atoms with Crippen molar-refractivity contribution in [2.45, 2.75) is 19.9 Å². The lowest BCUT2D eigenvalue weighted by atomic mass is 9.46. The van der Waals surface area contributed by atoms with Gasteiger partial charge >= 0.3 is 0 Å². The SMILES string of the molecule is C[C@@]12C3=CC=CC1=C[CH+]C1=CC([N+](=O)[O-])C=C(C=C3)[C@]12C. The third-order valence-electron chi connectivity index (χ3n) is 5.69. The van der Waals surface area contributed by atoms with E-state index in [2.05, 4.69) is 44.2 Å². The fraction of sp³-hybridized carbons (Fsp3) is 0.278. The molecule has 0 aromatic carbocycles. The van der Waals surface area contributed by atoms with Crippen molar-refractivity contribution in [3.63, 3.8) is 0 Å². The van der Waals surface area contributed by atoms with Gasteiger partial charge in [-0.25, -0.2) is 0 Å². The number of hydrogen-bond acceptors (Lipinski definition) is 2. The fourth-order valence-corrected chi connectivity index (χ4v) is 4.20. The molecule has 3 heteroatoms. The van der Waals surface area contributed by atoms with Crippen molar-refractivity contribution in [3.05, 3.63) is 87.4 Å². The molecule has 0 amide bonds. The fourth-order valence-electron chi connectivity index (χ4n) is 4.20. The second-order valence-corrected chi connectivity index (χ2v) is 6.37. The second-order valence-electron chi connectivity index (χ2n) is 6.37. The quantitative estimate of drug-likeness (QED) is 0.417. The molecule has 3 nitrogen and oxygen atoms in total. The summed E-state index contributed by atoms with van der Waals surface area (Å²) < 4.78 is 0. The Balaban J connectivity index is 2.03. The van der Waals surface area contributed by atoms with Crippen LogP contribution in [0.15, 0.2) is 70.9 Å². The van der Waals surface area contributed by atoms with Gasteiger partial charge in [0.15, 0.2) is 0 Å². The summed E-state index contributed by atoms with van der Waals surface area (Å²) in [6.45, 7) is 4.46. The zero-order chi connectivity index (χ0) is 14.8. The molecular formula is C18H16NO2+. The molecule has 0 aromatic heterocycles. The normalized spacial score (nSPS) is 38.5. The van der Waals surface area contributed by atoms with Crippen molar-refractivity contribution in [1.82, 2.24) is 0 Å². The van der Waals surface area contributed by atoms with Gasteiger partial charge in [-0.2, -0.15) is 0 Å². The zero-order valence-corrected chi connectivity index (χ0v) is 12.0. The lowest BCUT2D eigenvalue weighted by Crippen LogP contribution is -2.49. The first kappa shape index (κ1) is 12.5. The van der Waals surface area contributed by atoms with Crippen LogP contribution in [0.3, 0.4) is 0 Å². The Bertz CT molecular complexity index is 747. The van der Waals surface area contributed by atoms with Crippen molar-refractivity contribution in [3.8, 4) is 0 Å². The maximum atomic E-state index is 11.2. The first-order valence-corrected chi connectivity index (χ1v) is 7.18. The van der Waals surface area contributed by atoms with Crippen LogP contribution in [0.5, 0.6) is 0 Å². The van der Waals surface area contributed by atoms with Gasteiger partial charge in [0, 0.05) is 17.4 Å². The monoisotopic (exact) mass is 278 g/mol. The summed E-state index contributed by atoms with van der Waals surface area (Å²) in [5.41, 5.74) is 4.28. The van der Waals surface area contributed by atoms with Gasteiger partial charge in [0.2, 0.25) is 0 Å². The first-order chi connectivity index (χ1) is 9.98. The lowest BCUT2D eigenvalue weighted by molar-refractivity contribution is -0.497. The highest BCUT2D eigenvalue weighted by Gasteiger charge is 2.61. The molecule has 0 saturated heterocycles. The van der Waals surface area contributed by atoms with Crippen LogP contribution < -0.4 is 0 Å². The third-order valence-corrected chi connectivity index (χ3v) is 5.69. The number of allylic oxidation sites excluding steroid dienone is 10. The topological polar surface area (TPSA) is 43.1 Å². The van der Waals surface area contributed by atoms with Gasteiger partial charge in [0.1, 0.15) is 0 Å². The van der Waals surface area contributed by atoms with Crippen LogP contribution in [0, 0.1) is 27.4 Å². The molecule has 104 valence electrons. The van der Waals surface area contributed by atoms with Crippen molar-refractivity contribution in [2.75, 3.05) is 0 Å². The second kappa shape index (κ2) is 3.67. The van der Waals surface area contributed by atoms with Gasteiger partial charge < -0.3 is 0 Å². The van der Waals surface area contributed by atoms with E-state index in [4.69, 9.17) is 0 Å². The van der Waals surface area contributed by atoms with E-state index in [1.165, 1.54) is 11.1 Å². The highest BCUT2D eigenvalue weighted by Crippen LogP contribution is 2.65. The van der Waals surface area contributed by atoms with Crippen molar-refractivity contribution in [1.29, 1.82) is 0 Å². The highest BCUT2D eigenvalue weighted by molar-refractivity contribution is 5.66. The molecule has 4 aliphatic carbocycles. The van der Waals surface area contributed by atoms with Gasteiger partial charge in [-0.15, -0.1) is 0 Å². The standard InChI is InChI=1S/C18H16NO2/c1-17-12-4-3-5-13(17)7-9-15-11-16(19(20)21)10-14(8-6-12)18(15,17)2/h3-11,16H,1-2H3/q+1/t16?,17-,18-. The molecule has 3 atom stereocenters. The molecule has 0 fully saturated rings. The van der Waals surface area contributed by atoms with Gasteiger partial charge in [-0.1, -0.05) is 18.2 Å². The molecule has 0 spiro atoms. The largest absolute Gasteiger partial charge is 0.289 e. The molecule has 21 heavy (non-hydrogen) atoms. The number of nitro groups is 1. The van der Waals surface area contributed by atoms with Crippen molar-refractivity contribution >= 4 is 0 Å². The van der Waals surface area contributed by atoms with Crippen molar-refractivity contribution in [2.24, 2.45) is 10.8 Å². The summed E-state index contributed by atoms with van der Waals surface area (Å²) in [7, 11) is 0. The van der Waals surface area contributed by atoms with Crippen molar-refractivity contribution < 1.29 is 4.92 Å². The van der Waals surface area contributed by atoms with E-state index in [1.807, 2.05) is 12.5 Å². The minimum atomic E-state index is -0.729. The lowest BCUT2D eigenvalue weighted by Gasteiger charge is -2.52. The van der Waals surface area contributed by atoms with Crippen LogP contribution in [-0.4, -0.2) is 11.0 Å². The molecule has 0 bridgehead atoms. The molecule has 0 aliphatic heterocycles. The number of nitrogens with zero attached hydrogens (tertiary/aromatic N) is 1. The summed E-state index contributed by atoms with van der Waals surface area (Å²) in [5, 5.41) is 11.2. The molecule has 0 radical (unpaired) electrons. The van der Waals surface area contributed by atoms with Crippen LogP contribution in [0.2, 0.25) is 0 Å². The van der Waals surface area contributed by atoms with Crippen LogP contribution in [0.4, 0.5) is 0 Å². The van der Waals surface area contributed by atoms with Gasteiger partial charge in [0.25, 0.3) is 6.04 Å². The Kier molecular flexibility index (Phi) is 2.18. The third kappa shape index (κ3) is 1.27. The Morgan fingerprint density at radius 2 is 1.86 bits per heavy atom. The minimum absolute atomic E-state index is 0.148. The average Bonchev–Trinajstić information content (AvgIpc) is 2.45. The van der Waals surface area contributed by atoms with E-state index in [-0.39, 0.29) is 15.8 Å². The predicted octanol–water partition coefficient (Wildman–Crippen LogP) is 3.72. The maximum Gasteiger partial charge on any atom is 0.289 e. The first-order valence-electron chi connectivity index (χ1n) is 7.18. The Hall–Kier alpha value is -2.29. The molecule has 0 saturated carbocycles. The minimum Gasteiger partial charge on any atom is -0.262 e. The summed E-state index contributed by atoms with van der Waals surface area (Å²) in [4.78, 5) is 11.0. The van der Waals surface area contributed by atoms with Gasteiger partial charge in [0.05, 0.1) is 34.1 Å². The molecule has 4 aliphatic rings. The predicted molar refractivity (Wildman–Crippen MR) is 81.9 cm³/mol. The van der Waals surface area contributed by atoms with Crippen LogP contribution in [-0.2, 0) is 0 Å².